The number of hydrogen-bond donors (Lipinski definition) is 1. The highest BCUT2D eigenvalue weighted by Crippen LogP contribution is 2.28. The predicted octanol–water partition coefficient (Wildman–Crippen LogP) is 4.25. The Morgan fingerprint density at radius 1 is 1.19 bits per heavy atom. The number of thioether (sulfide) groups is 1. The molecule has 2 aromatic carbocycles. The van der Waals surface area contributed by atoms with Gasteiger partial charge in [-0.15, -0.1) is 11.8 Å². The molecule has 1 N–H and O–H groups in total. The number of anilines is 2. The van der Waals surface area contributed by atoms with Crippen LogP contribution in [0.4, 0.5) is 11.4 Å². The predicted molar refractivity (Wildman–Crippen MR) is 110 cm³/mol. The van der Waals surface area contributed by atoms with Gasteiger partial charge in [0, 0.05) is 9.92 Å². The molecule has 0 radical (unpaired) electrons. The molecule has 0 aliphatic heterocycles. The van der Waals surface area contributed by atoms with Gasteiger partial charge in [0.15, 0.2) is 0 Å². The van der Waals surface area contributed by atoms with Gasteiger partial charge in [-0.1, -0.05) is 30.7 Å². The van der Waals surface area contributed by atoms with E-state index in [0.717, 1.165) is 21.2 Å². The number of para-hydroxylation sites is 1. The van der Waals surface area contributed by atoms with Crippen LogP contribution in [-0.2, 0) is 14.8 Å². The Balaban J connectivity index is 2.30. The fourth-order valence-electron chi connectivity index (χ4n) is 2.49. The Bertz CT molecular complexity index is 870. The van der Waals surface area contributed by atoms with E-state index in [-0.39, 0.29) is 0 Å². The Morgan fingerprint density at radius 3 is 2.38 bits per heavy atom. The van der Waals surface area contributed by atoms with Gasteiger partial charge in [-0.2, -0.15) is 0 Å². The third-order valence-corrected chi connectivity index (χ3v) is 6.06. The maximum absolute atomic E-state index is 12.7. The summed E-state index contributed by atoms with van der Waals surface area (Å²) in [6, 6.07) is 12.9. The number of benzene rings is 2. The average molecular weight is 413 g/mol. The average Bonchev–Trinajstić information content (AvgIpc) is 2.57. The molecule has 0 aliphatic rings. The summed E-state index contributed by atoms with van der Waals surface area (Å²) >= 11 is 7.48. The van der Waals surface area contributed by atoms with Gasteiger partial charge < -0.3 is 5.32 Å². The molecular weight excluding hydrogens is 392 g/mol. The summed E-state index contributed by atoms with van der Waals surface area (Å²) in [5.41, 5.74) is 1.05. The van der Waals surface area contributed by atoms with E-state index in [9.17, 15) is 13.2 Å². The standard InChI is InChI=1S/C18H21ClN2O3S2/c1-4-25-17-8-6-5-7-16(17)20-18(22)13(2)21(26(3,23)24)15-11-9-14(19)10-12-15/h5-13H,4H2,1-3H3,(H,20,22)/t13-/m0/s1. The van der Waals surface area contributed by atoms with Crippen LogP contribution >= 0.6 is 23.4 Å². The minimum atomic E-state index is -3.66. The number of amides is 1. The summed E-state index contributed by atoms with van der Waals surface area (Å²) in [4.78, 5) is 13.7. The van der Waals surface area contributed by atoms with Crippen LogP contribution in [0.3, 0.4) is 0 Å². The summed E-state index contributed by atoms with van der Waals surface area (Å²) < 4.78 is 25.7. The van der Waals surface area contributed by atoms with Gasteiger partial charge in [0.25, 0.3) is 0 Å². The topological polar surface area (TPSA) is 66.5 Å². The molecule has 8 heteroatoms. The fraction of sp³-hybridized carbons (Fsp3) is 0.278. The molecule has 5 nitrogen and oxygen atoms in total. The fourth-order valence-corrected chi connectivity index (χ4v) is 4.55. The van der Waals surface area contributed by atoms with Crippen LogP contribution in [-0.4, -0.2) is 32.4 Å². The number of rotatable bonds is 7. The number of halogens is 1. The molecule has 1 atom stereocenters. The van der Waals surface area contributed by atoms with Gasteiger partial charge in [0.05, 0.1) is 17.6 Å². The molecule has 0 heterocycles. The quantitative estimate of drug-likeness (QED) is 0.690. The maximum Gasteiger partial charge on any atom is 0.248 e. The highest BCUT2D eigenvalue weighted by molar-refractivity contribution is 7.99. The normalized spacial score (nSPS) is 12.5. The van der Waals surface area contributed by atoms with Crippen LogP contribution in [0.1, 0.15) is 13.8 Å². The van der Waals surface area contributed by atoms with E-state index in [2.05, 4.69) is 5.32 Å². The second-order valence-electron chi connectivity index (χ2n) is 5.63. The highest BCUT2D eigenvalue weighted by atomic mass is 35.5. The van der Waals surface area contributed by atoms with Gasteiger partial charge in [-0.05, 0) is 49.1 Å². The van der Waals surface area contributed by atoms with Gasteiger partial charge in [-0.25, -0.2) is 8.42 Å². The number of hydrogen-bond acceptors (Lipinski definition) is 4. The zero-order valence-corrected chi connectivity index (χ0v) is 17.2. The lowest BCUT2D eigenvalue weighted by Crippen LogP contribution is -2.45. The molecule has 0 spiro atoms. The number of sulfonamides is 1. The second-order valence-corrected chi connectivity index (χ2v) is 9.23. The van der Waals surface area contributed by atoms with Crippen molar-refractivity contribution >= 4 is 50.7 Å². The minimum absolute atomic E-state index is 0.385. The second kappa shape index (κ2) is 8.79. The van der Waals surface area contributed by atoms with Crippen molar-refractivity contribution in [2.75, 3.05) is 21.6 Å². The molecule has 0 unspecified atom stereocenters. The van der Waals surface area contributed by atoms with E-state index in [1.807, 2.05) is 25.1 Å². The Morgan fingerprint density at radius 2 is 1.81 bits per heavy atom. The van der Waals surface area contributed by atoms with Crippen molar-refractivity contribution in [3.8, 4) is 0 Å². The number of nitrogens with one attached hydrogen (secondary N) is 1. The van der Waals surface area contributed by atoms with Crippen molar-refractivity contribution in [3.63, 3.8) is 0 Å². The van der Waals surface area contributed by atoms with Gasteiger partial charge in [-0.3, -0.25) is 9.10 Å². The van der Waals surface area contributed by atoms with E-state index >= 15 is 0 Å². The Labute approximate surface area is 163 Å². The first-order valence-corrected chi connectivity index (χ1v) is 11.2. The largest absolute Gasteiger partial charge is 0.323 e. The van der Waals surface area contributed by atoms with Gasteiger partial charge in [0.2, 0.25) is 15.9 Å². The van der Waals surface area contributed by atoms with Crippen LogP contribution in [0.15, 0.2) is 53.4 Å². The lowest BCUT2D eigenvalue weighted by atomic mass is 10.2. The van der Waals surface area contributed by atoms with Crippen LogP contribution in [0, 0.1) is 0 Å². The van der Waals surface area contributed by atoms with Crippen molar-refractivity contribution in [3.05, 3.63) is 53.6 Å². The first kappa shape index (κ1) is 20.6. The van der Waals surface area contributed by atoms with Crippen LogP contribution in [0.25, 0.3) is 0 Å². The van der Waals surface area contributed by atoms with Gasteiger partial charge in [0.1, 0.15) is 6.04 Å². The van der Waals surface area contributed by atoms with Crippen LogP contribution < -0.4 is 9.62 Å². The SMILES string of the molecule is CCSc1ccccc1NC(=O)[C@H](C)N(c1ccc(Cl)cc1)S(C)(=O)=O. The van der Waals surface area contributed by atoms with E-state index < -0.39 is 22.0 Å². The van der Waals surface area contributed by atoms with Crippen molar-refractivity contribution in [1.29, 1.82) is 0 Å². The smallest absolute Gasteiger partial charge is 0.248 e. The molecule has 0 fully saturated rings. The number of nitrogens with zero attached hydrogens (tertiary/aromatic N) is 1. The first-order chi connectivity index (χ1) is 12.2. The summed E-state index contributed by atoms with van der Waals surface area (Å²) in [5.74, 6) is 0.456. The molecule has 140 valence electrons. The molecular formula is C18H21ClN2O3S2. The molecule has 0 bridgehead atoms. The van der Waals surface area contributed by atoms with E-state index in [0.29, 0.717) is 16.4 Å². The van der Waals surface area contributed by atoms with Crippen molar-refractivity contribution in [2.45, 2.75) is 24.8 Å². The molecule has 0 aromatic heterocycles. The van der Waals surface area contributed by atoms with Crippen molar-refractivity contribution in [2.24, 2.45) is 0 Å². The molecule has 0 aliphatic carbocycles. The Hall–Kier alpha value is -1.70. The summed E-state index contributed by atoms with van der Waals surface area (Å²) in [7, 11) is -3.66. The lowest BCUT2D eigenvalue weighted by Gasteiger charge is -2.28. The molecule has 2 aromatic rings. The van der Waals surface area contributed by atoms with Crippen molar-refractivity contribution in [1.82, 2.24) is 0 Å². The highest BCUT2D eigenvalue weighted by Gasteiger charge is 2.29. The molecule has 0 saturated carbocycles. The Kier molecular flexibility index (Phi) is 6.97. The zero-order valence-electron chi connectivity index (χ0n) is 14.8. The summed E-state index contributed by atoms with van der Waals surface area (Å²) in [6.07, 6.45) is 1.08. The van der Waals surface area contributed by atoms with Crippen molar-refractivity contribution < 1.29 is 13.2 Å². The molecule has 1 amide bonds. The lowest BCUT2D eigenvalue weighted by molar-refractivity contribution is -0.116. The van der Waals surface area contributed by atoms with E-state index in [1.54, 1.807) is 49.0 Å². The van der Waals surface area contributed by atoms with Crippen LogP contribution in [0.2, 0.25) is 5.02 Å². The third kappa shape index (κ3) is 5.16. The number of carbonyl (C=O) groups excluding carboxylic acids is 1. The third-order valence-electron chi connectivity index (χ3n) is 3.61. The van der Waals surface area contributed by atoms with Crippen LogP contribution in [0.5, 0.6) is 0 Å². The summed E-state index contributed by atoms with van der Waals surface area (Å²) in [5, 5.41) is 3.33. The molecule has 26 heavy (non-hydrogen) atoms. The van der Waals surface area contributed by atoms with Gasteiger partial charge >= 0.3 is 0 Å². The first-order valence-electron chi connectivity index (χ1n) is 8.01. The zero-order chi connectivity index (χ0) is 19.3. The maximum atomic E-state index is 12.7. The number of carbonyl (C=O) groups is 1. The minimum Gasteiger partial charge on any atom is -0.323 e. The van der Waals surface area contributed by atoms with E-state index in [1.165, 1.54) is 0 Å². The molecule has 0 saturated heterocycles. The van der Waals surface area contributed by atoms with E-state index in [4.69, 9.17) is 11.6 Å². The molecule has 2 rings (SSSR count). The monoisotopic (exact) mass is 412 g/mol. The summed E-state index contributed by atoms with van der Waals surface area (Å²) in [6.45, 7) is 3.58.